The summed E-state index contributed by atoms with van der Waals surface area (Å²) in [6.45, 7) is 3.96. The third-order valence-electron chi connectivity index (χ3n) is 1.62. The minimum atomic E-state index is -4.32. The van der Waals surface area contributed by atoms with E-state index in [0.717, 1.165) is 5.57 Å². The van der Waals surface area contributed by atoms with Gasteiger partial charge in [0, 0.05) is 12.8 Å². The van der Waals surface area contributed by atoms with Crippen LogP contribution in [-0.2, 0) is 9.53 Å². The van der Waals surface area contributed by atoms with E-state index in [1.807, 2.05) is 0 Å². The van der Waals surface area contributed by atoms with E-state index in [2.05, 4.69) is 11.3 Å². The molecule has 88 valence electrons. The Morgan fingerprint density at radius 2 is 1.87 bits per heavy atom. The molecule has 0 saturated heterocycles. The maximum atomic E-state index is 11.6. The van der Waals surface area contributed by atoms with Crippen molar-refractivity contribution >= 4 is 5.78 Å². The smallest absolute Gasteiger partial charge is 0.372 e. The SMILES string of the molecule is C=C(C)CCC(=O)CCOCC(F)(F)F. The van der Waals surface area contributed by atoms with Crippen LogP contribution >= 0.6 is 0 Å². The lowest BCUT2D eigenvalue weighted by Crippen LogP contribution is -2.18. The van der Waals surface area contributed by atoms with Crippen molar-refractivity contribution in [3.63, 3.8) is 0 Å². The van der Waals surface area contributed by atoms with Crippen molar-refractivity contribution < 1.29 is 22.7 Å². The third kappa shape index (κ3) is 11.1. The van der Waals surface area contributed by atoms with Gasteiger partial charge >= 0.3 is 6.18 Å². The summed E-state index contributed by atoms with van der Waals surface area (Å²) in [6, 6.07) is 0. The molecule has 0 N–H and O–H groups in total. The molecule has 0 bridgehead atoms. The first-order valence-corrected chi connectivity index (χ1v) is 4.62. The van der Waals surface area contributed by atoms with Crippen molar-refractivity contribution in [3.8, 4) is 0 Å². The maximum absolute atomic E-state index is 11.6. The van der Waals surface area contributed by atoms with Gasteiger partial charge in [-0.25, -0.2) is 0 Å². The number of allylic oxidation sites excluding steroid dienone is 1. The second-order valence-electron chi connectivity index (χ2n) is 3.41. The van der Waals surface area contributed by atoms with E-state index in [4.69, 9.17) is 0 Å². The zero-order valence-corrected chi connectivity index (χ0v) is 8.69. The van der Waals surface area contributed by atoms with Gasteiger partial charge in [0.25, 0.3) is 0 Å². The topological polar surface area (TPSA) is 26.3 Å². The second-order valence-corrected chi connectivity index (χ2v) is 3.41. The van der Waals surface area contributed by atoms with Gasteiger partial charge < -0.3 is 4.74 Å². The van der Waals surface area contributed by atoms with Crippen LogP contribution < -0.4 is 0 Å². The molecule has 0 spiro atoms. The monoisotopic (exact) mass is 224 g/mol. The Hall–Kier alpha value is -0.840. The largest absolute Gasteiger partial charge is 0.411 e. The third-order valence-corrected chi connectivity index (χ3v) is 1.62. The molecule has 0 amide bonds. The first kappa shape index (κ1) is 14.2. The Bertz CT molecular complexity index is 221. The number of rotatable bonds is 7. The van der Waals surface area contributed by atoms with Gasteiger partial charge in [0.15, 0.2) is 0 Å². The normalized spacial score (nSPS) is 11.5. The van der Waals surface area contributed by atoms with E-state index >= 15 is 0 Å². The molecule has 0 saturated carbocycles. The highest BCUT2D eigenvalue weighted by Gasteiger charge is 2.27. The summed E-state index contributed by atoms with van der Waals surface area (Å²) in [5.41, 5.74) is 0.888. The molecule has 0 aromatic heterocycles. The van der Waals surface area contributed by atoms with E-state index < -0.39 is 12.8 Å². The van der Waals surface area contributed by atoms with Gasteiger partial charge in [-0.15, -0.1) is 6.58 Å². The van der Waals surface area contributed by atoms with E-state index in [9.17, 15) is 18.0 Å². The summed E-state index contributed by atoms with van der Waals surface area (Å²) in [4.78, 5) is 11.1. The number of ether oxygens (including phenoxy) is 1. The zero-order valence-electron chi connectivity index (χ0n) is 8.69. The number of Topliss-reactive ketones (excluding diaryl/α,β-unsaturated/α-hetero) is 1. The number of hydrogen-bond acceptors (Lipinski definition) is 2. The molecule has 0 unspecified atom stereocenters. The van der Waals surface area contributed by atoms with Gasteiger partial charge in [-0.1, -0.05) is 5.57 Å². The fraction of sp³-hybridized carbons (Fsp3) is 0.700. The number of ketones is 1. The molecule has 0 aromatic rings. The van der Waals surface area contributed by atoms with Crippen molar-refractivity contribution in [2.24, 2.45) is 0 Å². The molecule has 0 radical (unpaired) electrons. The zero-order chi connectivity index (χ0) is 11.9. The maximum Gasteiger partial charge on any atom is 0.411 e. The first-order chi connectivity index (χ1) is 6.81. The lowest BCUT2D eigenvalue weighted by atomic mass is 10.1. The number of carbonyl (C=O) groups excluding carboxylic acids is 1. The lowest BCUT2D eigenvalue weighted by Gasteiger charge is -2.06. The molecule has 0 atom stereocenters. The van der Waals surface area contributed by atoms with Crippen molar-refractivity contribution in [3.05, 3.63) is 12.2 Å². The van der Waals surface area contributed by atoms with Gasteiger partial charge in [0.05, 0.1) is 6.61 Å². The predicted molar refractivity (Wildman–Crippen MR) is 50.5 cm³/mol. The standard InChI is InChI=1S/C10H15F3O2/c1-8(2)3-4-9(14)5-6-15-7-10(11,12)13/h1,3-7H2,2H3. The van der Waals surface area contributed by atoms with Gasteiger partial charge in [0.2, 0.25) is 0 Å². The molecular weight excluding hydrogens is 209 g/mol. The summed E-state index contributed by atoms with van der Waals surface area (Å²) in [7, 11) is 0. The molecule has 0 aliphatic carbocycles. The molecule has 0 rings (SSSR count). The molecule has 15 heavy (non-hydrogen) atoms. The molecule has 0 aliphatic heterocycles. The van der Waals surface area contributed by atoms with Crippen LogP contribution in [0.15, 0.2) is 12.2 Å². The first-order valence-electron chi connectivity index (χ1n) is 4.62. The molecule has 0 aliphatic rings. The summed E-state index contributed by atoms with van der Waals surface area (Å²) in [5.74, 6) is -0.0971. The van der Waals surface area contributed by atoms with Gasteiger partial charge in [0.1, 0.15) is 12.4 Å². The van der Waals surface area contributed by atoms with Crippen LogP contribution in [0.4, 0.5) is 13.2 Å². The number of carbonyl (C=O) groups is 1. The van der Waals surface area contributed by atoms with Crippen molar-refractivity contribution in [1.29, 1.82) is 0 Å². The highest BCUT2D eigenvalue weighted by atomic mass is 19.4. The highest BCUT2D eigenvalue weighted by Crippen LogP contribution is 2.14. The van der Waals surface area contributed by atoms with Crippen LogP contribution in [0, 0.1) is 0 Å². The van der Waals surface area contributed by atoms with E-state index in [1.54, 1.807) is 6.92 Å². The summed E-state index contributed by atoms with van der Waals surface area (Å²) in [6.07, 6.45) is -3.38. The Labute approximate surface area is 87.1 Å². The second kappa shape index (κ2) is 6.61. The van der Waals surface area contributed by atoms with Crippen molar-refractivity contribution in [1.82, 2.24) is 0 Å². The fourth-order valence-corrected chi connectivity index (χ4v) is 0.852. The van der Waals surface area contributed by atoms with Crippen LogP contribution in [0.5, 0.6) is 0 Å². The summed E-state index contributed by atoms with van der Waals surface area (Å²) in [5, 5.41) is 0. The van der Waals surface area contributed by atoms with E-state index in [-0.39, 0.29) is 18.8 Å². The Morgan fingerprint density at radius 3 is 2.33 bits per heavy atom. The number of alkyl halides is 3. The minimum Gasteiger partial charge on any atom is -0.372 e. The minimum absolute atomic E-state index is 0.0311. The van der Waals surface area contributed by atoms with Crippen LogP contribution in [-0.4, -0.2) is 25.2 Å². The van der Waals surface area contributed by atoms with Crippen molar-refractivity contribution in [2.75, 3.05) is 13.2 Å². The average Bonchev–Trinajstić information content (AvgIpc) is 2.07. The molecular formula is C10H15F3O2. The molecule has 0 heterocycles. The van der Waals surface area contributed by atoms with Crippen LogP contribution in [0.3, 0.4) is 0 Å². The van der Waals surface area contributed by atoms with Gasteiger partial charge in [-0.2, -0.15) is 13.2 Å². The fourth-order valence-electron chi connectivity index (χ4n) is 0.852. The molecule has 0 aromatic carbocycles. The van der Waals surface area contributed by atoms with Crippen LogP contribution in [0.2, 0.25) is 0 Å². The average molecular weight is 224 g/mol. The Morgan fingerprint density at radius 1 is 1.27 bits per heavy atom. The van der Waals surface area contributed by atoms with Crippen molar-refractivity contribution in [2.45, 2.75) is 32.4 Å². The highest BCUT2D eigenvalue weighted by molar-refractivity contribution is 5.78. The predicted octanol–water partition coefficient (Wildman–Crippen LogP) is 2.88. The quantitative estimate of drug-likeness (QED) is 0.491. The molecule has 2 nitrogen and oxygen atoms in total. The van der Waals surface area contributed by atoms with Gasteiger partial charge in [-0.05, 0) is 13.3 Å². The molecule has 0 fully saturated rings. The van der Waals surface area contributed by atoms with E-state index in [1.165, 1.54) is 0 Å². The number of hydrogen-bond donors (Lipinski definition) is 0. The van der Waals surface area contributed by atoms with Crippen LogP contribution in [0.1, 0.15) is 26.2 Å². The van der Waals surface area contributed by atoms with E-state index in [0.29, 0.717) is 12.8 Å². The molecule has 5 heteroatoms. The lowest BCUT2D eigenvalue weighted by molar-refractivity contribution is -0.174. The van der Waals surface area contributed by atoms with Gasteiger partial charge in [-0.3, -0.25) is 4.79 Å². The Kier molecular flexibility index (Phi) is 6.24. The van der Waals surface area contributed by atoms with Crippen LogP contribution in [0.25, 0.3) is 0 Å². The summed E-state index contributed by atoms with van der Waals surface area (Å²) < 4.78 is 39.1. The Balaban J connectivity index is 3.44. The summed E-state index contributed by atoms with van der Waals surface area (Å²) >= 11 is 0. The number of halogens is 3.